The van der Waals surface area contributed by atoms with E-state index < -0.39 is 0 Å². The van der Waals surface area contributed by atoms with E-state index in [0.717, 1.165) is 25.7 Å². The van der Waals surface area contributed by atoms with Gasteiger partial charge in [-0.15, -0.1) is 0 Å². The summed E-state index contributed by atoms with van der Waals surface area (Å²) in [6.45, 7) is 0. The van der Waals surface area contributed by atoms with Gasteiger partial charge in [0.1, 0.15) is 0 Å². The predicted octanol–water partition coefficient (Wildman–Crippen LogP) is 2.64. The van der Waals surface area contributed by atoms with Gasteiger partial charge in [-0.05, 0) is 25.7 Å². The maximum atomic E-state index is 11.1. The number of ether oxygens (including phenoxy) is 1. The van der Waals surface area contributed by atoms with Crippen molar-refractivity contribution in [3.63, 3.8) is 0 Å². The van der Waals surface area contributed by atoms with Gasteiger partial charge in [0.15, 0.2) is 0 Å². The highest BCUT2D eigenvalue weighted by molar-refractivity contribution is 14.1. The fourth-order valence-corrected chi connectivity index (χ4v) is 2.42. The highest BCUT2D eigenvalue weighted by atomic mass is 127. The molecule has 0 aromatic rings. The molecule has 0 radical (unpaired) electrons. The van der Waals surface area contributed by atoms with Crippen LogP contribution in [0.15, 0.2) is 12.2 Å². The van der Waals surface area contributed by atoms with Crippen LogP contribution in [0.3, 0.4) is 0 Å². The molecule has 1 aliphatic carbocycles. The molecule has 0 fully saturated rings. The van der Waals surface area contributed by atoms with Crippen LogP contribution in [0.1, 0.15) is 25.7 Å². The van der Waals surface area contributed by atoms with Gasteiger partial charge in [-0.3, -0.25) is 0 Å². The average molecular weight is 309 g/mol. The molecule has 0 unspecified atom stereocenters. The Morgan fingerprint density at radius 2 is 2.07 bits per heavy atom. The van der Waals surface area contributed by atoms with Crippen LogP contribution in [0, 0.1) is 0 Å². The van der Waals surface area contributed by atoms with E-state index in [9.17, 15) is 4.79 Å². The lowest BCUT2D eigenvalue weighted by Crippen LogP contribution is -2.41. The highest BCUT2D eigenvalue weighted by Gasteiger charge is 2.20. The molecular formula is C10H16INO2. The summed E-state index contributed by atoms with van der Waals surface area (Å²) < 4.78 is 5.10. The zero-order valence-electron chi connectivity index (χ0n) is 8.33. The average Bonchev–Trinajstić information content (AvgIpc) is 2.17. The van der Waals surface area contributed by atoms with E-state index in [0.29, 0.717) is 3.92 Å². The minimum Gasteiger partial charge on any atom is -0.453 e. The summed E-state index contributed by atoms with van der Waals surface area (Å²) in [5.41, 5.74) is 0. The van der Waals surface area contributed by atoms with Gasteiger partial charge in [-0.2, -0.15) is 0 Å². The molecule has 3 nitrogen and oxygen atoms in total. The Morgan fingerprint density at radius 1 is 1.43 bits per heavy atom. The standard InChI is InChI=1S/C10H16INO2/c1-14-10(13)12-9-7-5-3-2-4-6-8(9)11/h2-3,8-9H,4-7H2,1H3,(H,12,13)/b3-2+/t8-,9+/m0/s1. The summed E-state index contributed by atoms with van der Waals surface area (Å²) in [5, 5.41) is 2.88. The summed E-state index contributed by atoms with van der Waals surface area (Å²) in [7, 11) is 1.40. The number of methoxy groups -OCH3 is 1. The summed E-state index contributed by atoms with van der Waals surface area (Å²) in [4.78, 5) is 11.1. The van der Waals surface area contributed by atoms with E-state index in [1.165, 1.54) is 7.11 Å². The Kier molecular flexibility index (Phi) is 5.29. The quantitative estimate of drug-likeness (QED) is 0.459. The van der Waals surface area contributed by atoms with Crippen LogP contribution in [0.4, 0.5) is 4.79 Å². The van der Waals surface area contributed by atoms with Crippen molar-refractivity contribution in [3.8, 4) is 0 Å². The van der Waals surface area contributed by atoms with E-state index in [2.05, 4.69) is 44.8 Å². The van der Waals surface area contributed by atoms with Crippen LogP contribution >= 0.6 is 22.6 Å². The lowest BCUT2D eigenvalue weighted by Gasteiger charge is -2.23. The first-order valence-corrected chi connectivity index (χ1v) is 6.12. The van der Waals surface area contributed by atoms with Gasteiger partial charge < -0.3 is 10.1 Å². The zero-order chi connectivity index (χ0) is 10.4. The van der Waals surface area contributed by atoms with Gasteiger partial charge in [0.05, 0.1) is 7.11 Å². The number of amides is 1. The van der Waals surface area contributed by atoms with Gasteiger partial charge in [-0.1, -0.05) is 34.7 Å². The molecule has 2 atom stereocenters. The van der Waals surface area contributed by atoms with Crippen LogP contribution in [-0.2, 0) is 4.74 Å². The van der Waals surface area contributed by atoms with E-state index >= 15 is 0 Å². The topological polar surface area (TPSA) is 38.3 Å². The molecule has 0 spiro atoms. The molecule has 14 heavy (non-hydrogen) atoms. The molecule has 0 bridgehead atoms. The largest absolute Gasteiger partial charge is 0.453 e. The number of alkyl carbamates (subject to hydrolysis) is 1. The van der Waals surface area contributed by atoms with Crippen molar-refractivity contribution in [1.29, 1.82) is 0 Å². The number of hydrogen-bond donors (Lipinski definition) is 1. The molecule has 0 aromatic heterocycles. The number of alkyl halides is 1. The molecule has 0 aromatic carbocycles. The Hall–Kier alpha value is -0.260. The van der Waals surface area contributed by atoms with Crippen molar-refractivity contribution < 1.29 is 9.53 Å². The van der Waals surface area contributed by atoms with Crippen molar-refractivity contribution in [2.75, 3.05) is 7.11 Å². The number of carbonyl (C=O) groups is 1. The Bertz CT molecular complexity index is 218. The fourth-order valence-electron chi connectivity index (χ4n) is 1.52. The van der Waals surface area contributed by atoms with Crippen molar-refractivity contribution in [2.24, 2.45) is 0 Å². The maximum Gasteiger partial charge on any atom is 0.407 e. The monoisotopic (exact) mass is 309 g/mol. The second-order valence-corrected chi connectivity index (χ2v) is 4.98. The van der Waals surface area contributed by atoms with Gasteiger partial charge in [0.25, 0.3) is 0 Å². The van der Waals surface area contributed by atoms with Crippen LogP contribution in [0.2, 0.25) is 0 Å². The predicted molar refractivity (Wildman–Crippen MR) is 64.7 cm³/mol. The molecule has 1 rings (SSSR count). The Morgan fingerprint density at radius 3 is 2.71 bits per heavy atom. The molecule has 4 heteroatoms. The lowest BCUT2D eigenvalue weighted by atomic mass is 10.0. The van der Waals surface area contributed by atoms with E-state index in [-0.39, 0.29) is 12.1 Å². The number of allylic oxidation sites excluding steroid dienone is 2. The Balaban J connectivity index is 2.47. The number of hydrogen-bond acceptors (Lipinski definition) is 2. The maximum absolute atomic E-state index is 11.1. The van der Waals surface area contributed by atoms with Crippen molar-refractivity contribution >= 4 is 28.7 Å². The van der Waals surface area contributed by atoms with E-state index in [1.807, 2.05) is 0 Å². The zero-order valence-corrected chi connectivity index (χ0v) is 10.5. The molecule has 1 N–H and O–H groups in total. The van der Waals surface area contributed by atoms with E-state index in [4.69, 9.17) is 0 Å². The molecule has 80 valence electrons. The molecule has 0 aliphatic heterocycles. The first-order chi connectivity index (χ1) is 6.74. The van der Waals surface area contributed by atoms with Crippen LogP contribution in [-0.4, -0.2) is 23.2 Å². The van der Waals surface area contributed by atoms with Crippen molar-refractivity contribution in [3.05, 3.63) is 12.2 Å². The third-order valence-corrected chi connectivity index (χ3v) is 3.84. The minimum atomic E-state index is -0.318. The Labute approximate surface area is 98.4 Å². The molecule has 1 aliphatic rings. The first kappa shape index (κ1) is 11.8. The third-order valence-electron chi connectivity index (χ3n) is 2.35. The van der Waals surface area contributed by atoms with Gasteiger partial charge >= 0.3 is 6.09 Å². The normalized spacial score (nSPS) is 29.9. The molecular weight excluding hydrogens is 293 g/mol. The third kappa shape index (κ3) is 3.86. The number of nitrogens with one attached hydrogen (secondary N) is 1. The summed E-state index contributed by atoms with van der Waals surface area (Å²) in [6, 6.07) is 0.244. The van der Waals surface area contributed by atoms with Crippen molar-refractivity contribution in [2.45, 2.75) is 35.6 Å². The lowest BCUT2D eigenvalue weighted by molar-refractivity contribution is 0.165. The second kappa shape index (κ2) is 6.27. The van der Waals surface area contributed by atoms with Crippen molar-refractivity contribution in [1.82, 2.24) is 5.32 Å². The fraction of sp³-hybridized carbons (Fsp3) is 0.700. The van der Waals surface area contributed by atoms with E-state index in [1.54, 1.807) is 0 Å². The summed E-state index contributed by atoms with van der Waals surface area (Å²) >= 11 is 2.41. The highest BCUT2D eigenvalue weighted by Crippen LogP contribution is 2.20. The molecule has 1 amide bonds. The van der Waals surface area contributed by atoms with Crippen LogP contribution < -0.4 is 5.32 Å². The molecule has 0 saturated heterocycles. The van der Waals surface area contributed by atoms with Gasteiger partial charge in [-0.25, -0.2) is 4.79 Å². The first-order valence-electron chi connectivity index (χ1n) is 4.87. The summed E-state index contributed by atoms with van der Waals surface area (Å²) in [6.07, 6.45) is 8.35. The SMILES string of the molecule is COC(=O)N[C@@H]1CC/C=C/CC[C@@H]1I. The number of carbonyl (C=O) groups excluding carboxylic acids is 1. The molecule has 0 heterocycles. The van der Waals surface area contributed by atoms with Crippen LogP contribution in [0.25, 0.3) is 0 Å². The summed E-state index contributed by atoms with van der Waals surface area (Å²) in [5.74, 6) is 0. The van der Waals surface area contributed by atoms with Crippen LogP contribution in [0.5, 0.6) is 0 Å². The number of rotatable bonds is 1. The second-order valence-electron chi connectivity index (χ2n) is 3.38. The van der Waals surface area contributed by atoms with Gasteiger partial charge in [0.2, 0.25) is 0 Å². The minimum absolute atomic E-state index is 0.244. The number of halogens is 1. The molecule has 0 saturated carbocycles. The van der Waals surface area contributed by atoms with Gasteiger partial charge in [0, 0.05) is 9.97 Å². The smallest absolute Gasteiger partial charge is 0.407 e.